The molecular weight excluding hydrogens is 248 g/mol. The number of hydrogen-bond donors (Lipinski definition) is 1. The van der Waals surface area contributed by atoms with Crippen molar-refractivity contribution in [3.05, 3.63) is 34.6 Å². The van der Waals surface area contributed by atoms with Gasteiger partial charge in [-0.1, -0.05) is 11.6 Å². The van der Waals surface area contributed by atoms with E-state index in [-0.39, 0.29) is 17.2 Å². The molecule has 2 unspecified atom stereocenters. The fraction of sp³-hybridized carbons (Fsp3) is 0.500. The molecule has 1 N–H and O–H groups in total. The lowest BCUT2D eigenvalue weighted by molar-refractivity contribution is 0.510. The summed E-state index contributed by atoms with van der Waals surface area (Å²) in [7, 11) is 0. The molecule has 1 nitrogen and oxygen atoms in total. The number of alkyl halides is 1. The van der Waals surface area contributed by atoms with Crippen LogP contribution in [-0.2, 0) is 6.54 Å². The van der Waals surface area contributed by atoms with E-state index >= 15 is 0 Å². The molecule has 0 aliphatic heterocycles. The van der Waals surface area contributed by atoms with Gasteiger partial charge in [0.1, 0.15) is 5.82 Å². The van der Waals surface area contributed by atoms with Crippen LogP contribution in [-0.4, -0.2) is 11.4 Å². The van der Waals surface area contributed by atoms with Gasteiger partial charge >= 0.3 is 0 Å². The van der Waals surface area contributed by atoms with Gasteiger partial charge in [-0.05, 0) is 44.0 Å². The summed E-state index contributed by atoms with van der Waals surface area (Å²) < 4.78 is 13.0. The van der Waals surface area contributed by atoms with E-state index in [9.17, 15) is 4.39 Å². The molecule has 0 bridgehead atoms. The quantitative estimate of drug-likeness (QED) is 0.793. The summed E-state index contributed by atoms with van der Waals surface area (Å²) in [6.45, 7) is 4.56. The number of hydrogen-bond acceptors (Lipinski definition) is 1. The molecule has 0 heterocycles. The Hall–Kier alpha value is -0.310. The average Bonchev–Trinajstić information content (AvgIpc) is 2.18. The van der Waals surface area contributed by atoms with Gasteiger partial charge in [-0.3, -0.25) is 0 Å². The summed E-state index contributed by atoms with van der Waals surface area (Å²) in [5.74, 6) is -0.264. The van der Waals surface area contributed by atoms with Crippen molar-refractivity contribution < 1.29 is 4.39 Å². The molecule has 90 valence electrons. The van der Waals surface area contributed by atoms with Crippen molar-refractivity contribution in [3.8, 4) is 0 Å². The second kappa shape index (κ2) is 6.43. The van der Waals surface area contributed by atoms with E-state index < -0.39 is 0 Å². The molecule has 0 aliphatic carbocycles. The summed E-state index contributed by atoms with van der Waals surface area (Å²) in [5.41, 5.74) is 0.774. The molecule has 2 atom stereocenters. The van der Waals surface area contributed by atoms with Crippen molar-refractivity contribution in [1.82, 2.24) is 5.32 Å². The van der Waals surface area contributed by atoms with E-state index in [1.54, 1.807) is 6.07 Å². The standard InChI is InChI=1S/C12H16Cl2FN/c1-8(13)5-9(2)16-7-10-6-11(15)3-4-12(10)14/h3-4,6,8-9,16H,5,7H2,1-2H3. The average molecular weight is 264 g/mol. The highest BCUT2D eigenvalue weighted by Gasteiger charge is 2.07. The molecule has 0 fully saturated rings. The third kappa shape index (κ3) is 4.69. The Balaban J connectivity index is 2.51. The molecule has 0 aromatic heterocycles. The fourth-order valence-corrected chi connectivity index (χ4v) is 1.99. The lowest BCUT2D eigenvalue weighted by atomic mass is 10.1. The predicted octanol–water partition coefficient (Wildman–Crippen LogP) is 3.97. The molecule has 4 heteroatoms. The van der Waals surface area contributed by atoms with Crippen LogP contribution in [0.4, 0.5) is 4.39 Å². The first-order valence-electron chi connectivity index (χ1n) is 5.30. The Morgan fingerprint density at radius 1 is 1.38 bits per heavy atom. The Labute approximate surface area is 106 Å². The van der Waals surface area contributed by atoms with Crippen LogP contribution >= 0.6 is 23.2 Å². The minimum atomic E-state index is -0.264. The maximum Gasteiger partial charge on any atom is 0.123 e. The highest BCUT2D eigenvalue weighted by Crippen LogP contribution is 2.17. The summed E-state index contributed by atoms with van der Waals surface area (Å²) in [6.07, 6.45) is 0.870. The van der Waals surface area contributed by atoms with E-state index in [1.807, 2.05) is 13.8 Å². The van der Waals surface area contributed by atoms with Crippen LogP contribution in [0.5, 0.6) is 0 Å². The van der Waals surface area contributed by atoms with Crippen molar-refractivity contribution in [3.63, 3.8) is 0 Å². The molecule has 0 amide bonds. The SMILES string of the molecule is CC(Cl)CC(C)NCc1cc(F)ccc1Cl. The largest absolute Gasteiger partial charge is 0.310 e. The molecule has 1 aromatic rings. The molecule has 0 aliphatic rings. The Bertz CT molecular complexity index is 342. The van der Waals surface area contributed by atoms with Crippen LogP contribution in [0.3, 0.4) is 0 Å². The summed E-state index contributed by atoms with van der Waals surface area (Å²) >= 11 is 11.8. The molecule has 1 aromatic carbocycles. The fourth-order valence-electron chi connectivity index (χ4n) is 1.53. The zero-order chi connectivity index (χ0) is 12.1. The third-order valence-electron chi connectivity index (χ3n) is 2.33. The van der Waals surface area contributed by atoms with Gasteiger partial charge in [0, 0.05) is 23.0 Å². The van der Waals surface area contributed by atoms with Gasteiger partial charge in [0.2, 0.25) is 0 Å². The monoisotopic (exact) mass is 263 g/mol. The van der Waals surface area contributed by atoms with E-state index in [4.69, 9.17) is 23.2 Å². The van der Waals surface area contributed by atoms with Crippen LogP contribution in [0.25, 0.3) is 0 Å². The van der Waals surface area contributed by atoms with Crippen LogP contribution in [0.1, 0.15) is 25.8 Å². The minimum absolute atomic E-state index is 0.130. The van der Waals surface area contributed by atoms with E-state index in [0.29, 0.717) is 11.6 Å². The molecule has 16 heavy (non-hydrogen) atoms. The summed E-state index contributed by atoms with van der Waals surface area (Å²) in [6, 6.07) is 4.66. The molecule has 0 radical (unpaired) electrons. The molecule has 0 saturated heterocycles. The second-order valence-corrected chi connectivity index (χ2v) is 5.19. The lowest BCUT2D eigenvalue weighted by Gasteiger charge is -2.15. The van der Waals surface area contributed by atoms with Crippen molar-refractivity contribution in [1.29, 1.82) is 0 Å². The van der Waals surface area contributed by atoms with Crippen LogP contribution in [0, 0.1) is 5.82 Å². The zero-order valence-electron chi connectivity index (χ0n) is 9.43. The zero-order valence-corrected chi connectivity index (χ0v) is 10.9. The van der Waals surface area contributed by atoms with Crippen LogP contribution < -0.4 is 5.32 Å². The molecule has 1 rings (SSSR count). The van der Waals surface area contributed by atoms with Crippen LogP contribution in [0.15, 0.2) is 18.2 Å². The Morgan fingerprint density at radius 2 is 2.06 bits per heavy atom. The number of halogens is 3. The number of rotatable bonds is 5. The molecular formula is C12H16Cl2FN. The van der Waals surface area contributed by atoms with Crippen molar-refractivity contribution in [2.75, 3.05) is 0 Å². The van der Waals surface area contributed by atoms with Gasteiger partial charge in [-0.15, -0.1) is 11.6 Å². The van der Waals surface area contributed by atoms with E-state index in [2.05, 4.69) is 5.32 Å². The van der Waals surface area contributed by atoms with Crippen molar-refractivity contribution >= 4 is 23.2 Å². The predicted molar refractivity (Wildman–Crippen MR) is 67.6 cm³/mol. The van der Waals surface area contributed by atoms with Gasteiger partial charge in [-0.25, -0.2) is 4.39 Å². The first-order valence-corrected chi connectivity index (χ1v) is 6.12. The maximum atomic E-state index is 13.0. The Morgan fingerprint density at radius 3 is 2.69 bits per heavy atom. The number of nitrogens with one attached hydrogen (secondary N) is 1. The van der Waals surface area contributed by atoms with Gasteiger partial charge in [0.15, 0.2) is 0 Å². The second-order valence-electron chi connectivity index (χ2n) is 4.03. The van der Waals surface area contributed by atoms with Crippen LogP contribution in [0.2, 0.25) is 5.02 Å². The third-order valence-corrected chi connectivity index (χ3v) is 2.87. The van der Waals surface area contributed by atoms with Gasteiger partial charge < -0.3 is 5.32 Å². The highest BCUT2D eigenvalue weighted by molar-refractivity contribution is 6.31. The molecule has 0 spiro atoms. The first kappa shape index (κ1) is 13.8. The topological polar surface area (TPSA) is 12.0 Å². The lowest BCUT2D eigenvalue weighted by Crippen LogP contribution is -2.27. The van der Waals surface area contributed by atoms with Crippen molar-refractivity contribution in [2.24, 2.45) is 0 Å². The number of benzene rings is 1. The minimum Gasteiger partial charge on any atom is -0.310 e. The van der Waals surface area contributed by atoms with Gasteiger partial charge in [0.25, 0.3) is 0 Å². The first-order chi connectivity index (χ1) is 7.49. The molecule has 0 saturated carbocycles. The Kier molecular flexibility index (Phi) is 5.53. The van der Waals surface area contributed by atoms with E-state index in [1.165, 1.54) is 12.1 Å². The summed E-state index contributed by atoms with van der Waals surface area (Å²) in [5, 5.41) is 3.98. The van der Waals surface area contributed by atoms with E-state index in [0.717, 1.165) is 12.0 Å². The van der Waals surface area contributed by atoms with Gasteiger partial charge in [-0.2, -0.15) is 0 Å². The maximum absolute atomic E-state index is 13.0. The normalized spacial score (nSPS) is 14.8. The smallest absolute Gasteiger partial charge is 0.123 e. The van der Waals surface area contributed by atoms with Crippen molar-refractivity contribution in [2.45, 2.75) is 38.2 Å². The van der Waals surface area contributed by atoms with Gasteiger partial charge in [0.05, 0.1) is 0 Å². The summed E-state index contributed by atoms with van der Waals surface area (Å²) in [4.78, 5) is 0. The highest BCUT2D eigenvalue weighted by atomic mass is 35.5.